The van der Waals surface area contributed by atoms with Gasteiger partial charge in [0, 0.05) is 23.7 Å². The average molecular weight is 378 g/mol. The lowest BCUT2D eigenvalue weighted by molar-refractivity contribution is -0.384. The summed E-state index contributed by atoms with van der Waals surface area (Å²) >= 11 is 0. The van der Waals surface area contributed by atoms with Gasteiger partial charge in [-0.2, -0.15) is 5.10 Å². The number of carbonyl (C=O) groups excluding carboxylic acids is 1. The molecule has 0 bridgehead atoms. The van der Waals surface area contributed by atoms with Gasteiger partial charge in [0.05, 0.1) is 16.3 Å². The van der Waals surface area contributed by atoms with Crippen molar-refractivity contribution in [2.45, 2.75) is 26.8 Å². The molecule has 0 fully saturated rings. The summed E-state index contributed by atoms with van der Waals surface area (Å²) < 4.78 is 1.52. The standard InChI is InChI=1S/C21H22N4O3/c1-14(2)15(3)22-21(26)20-13-19(16-7-5-4-6-8-16)23-24(20)17-9-11-18(12-10-17)25(27)28/h4-15H,1-3H3,(H,22,26). The van der Waals surface area contributed by atoms with Gasteiger partial charge in [-0.3, -0.25) is 14.9 Å². The molecule has 0 saturated heterocycles. The van der Waals surface area contributed by atoms with Gasteiger partial charge in [-0.05, 0) is 31.0 Å². The van der Waals surface area contributed by atoms with Crippen LogP contribution < -0.4 is 5.32 Å². The first-order chi connectivity index (χ1) is 13.4. The van der Waals surface area contributed by atoms with E-state index in [2.05, 4.69) is 10.4 Å². The molecule has 3 rings (SSSR count). The summed E-state index contributed by atoms with van der Waals surface area (Å²) in [6.07, 6.45) is 0. The number of rotatable bonds is 6. The van der Waals surface area contributed by atoms with Gasteiger partial charge in [0.1, 0.15) is 5.69 Å². The van der Waals surface area contributed by atoms with Crippen molar-refractivity contribution in [1.29, 1.82) is 0 Å². The van der Waals surface area contributed by atoms with E-state index in [9.17, 15) is 14.9 Å². The van der Waals surface area contributed by atoms with Gasteiger partial charge in [-0.25, -0.2) is 4.68 Å². The van der Waals surface area contributed by atoms with Crippen LogP contribution in [0.3, 0.4) is 0 Å². The number of nitrogens with one attached hydrogen (secondary N) is 1. The first kappa shape index (κ1) is 19.3. The average Bonchev–Trinajstić information content (AvgIpc) is 3.14. The minimum atomic E-state index is -0.458. The van der Waals surface area contributed by atoms with Crippen LogP contribution in [0.5, 0.6) is 0 Å². The molecule has 1 aromatic heterocycles. The van der Waals surface area contributed by atoms with E-state index in [1.165, 1.54) is 16.8 Å². The summed E-state index contributed by atoms with van der Waals surface area (Å²) in [5.41, 5.74) is 2.48. The van der Waals surface area contributed by atoms with E-state index in [0.29, 0.717) is 17.1 Å². The van der Waals surface area contributed by atoms with Crippen LogP contribution >= 0.6 is 0 Å². The summed E-state index contributed by atoms with van der Waals surface area (Å²) in [5, 5.41) is 18.5. The predicted molar refractivity (Wildman–Crippen MR) is 107 cm³/mol. The molecule has 0 saturated carbocycles. The molecule has 144 valence electrons. The van der Waals surface area contributed by atoms with Gasteiger partial charge in [0.2, 0.25) is 0 Å². The van der Waals surface area contributed by atoms with E-state index < -0.39 is 4.92 Å². The number of nitro benzene ring substituents is 1. The number of carbonyl (C=O) groups is 1. The maximum atomic E-state index is 12.9. The van der Waals surface area contributed by atoms with Crippen LogP contribution in [0.4, 0.5) is 5.69 Å². The number of non-ortho nitro benzene ring substituents is 1. The molecule has 0 aliphatic carbocycles. The molecular formula is C21H22N4O3. The molecule has 0 aliphatic heterocycles. The topological polar surface area (TPSA) is 90.1 Å². The lowest BCUT2D eigenvalue weighted by Crippen LogP contribution is -2.37. The second-order valence-electron chi connectivity index (χ2n) is 6.97. The van der Waals surface area contributed by atoms with E-state index in [0.717, 1.165) is 5.56 Å². The monoisotopic (exact) mass is 378 g/mol. The van der Waals surface area contributed by atoms with Crippen LogP contribution in [0.25, 0.3) is 16.9 Å². The normalized spacial score (nSPS) is 12.0. The second-order valence-corrected chi connectivity index (χ2v) is 6.97. The van der Waals surface area contributed by atoms with Gasteiger partial charge in [-0.1, -0.05) is 44.2 Å². The molecule has 1 unspecified atom stereocenters. The van der Waals surface area contributed by atoms with E-state index >= 15 is 0 Å². The highest BCUT2D eigenvalue weighted by Crippen LogP contribution is 2.23. The minimum Gasteiger partial charge on any atom is -0.348 e. The van der Waals surface area contributed by atoms with E-state index in [4.69, 9.17) is 0 Å². The van der Waals surface area contributed by atoms with Crippen molar-refractivity contribution in [3.05, 3.63) is 76.5 Å². The zero-order valence-corrected chi connectivity index (χ0v) is 16.0. The van der Waals surface area contributed by atoms with Crippen molar-refractivity contribution in [3.8, 4) is 16.9 Å². The molecule has 28 heavy (non-hydrogen) atoms. The quantitative estimate of drug-likeness (QED) is 0.513. The molecule has 1 atom stereocenters. The van der Waals surface area contributed by atoms with Crippen molar-refractivity contribution in [3.63, 3.8) is 0 Å². The number of amides is 1. The summed E-state index contributed by atoms with van der Waals surface area (Å²) in [7, 11) is 0. The third-order valence-corrected chi connectivity index (χ3v) is 4.68. The summed E-state index contributed by atoms with van der Waals surface area (Å²) in [6, 6.07) is 17.3. The lowest BCUT2D eigenvalue weighted by atomic mass is 10.1. The van der Waals surface area contributed by atoms with E-state index in [-0.39, 0.29) is 23.6 Å². The Balaban J connectivity index is 2.04. The van der Waals surface area contributed by atoms with Crippen molar-refractivity contribution < 1.29 is 9.72 Å². The van der Waals surface area contributed by atoms with Gasteiger partial charge in [0.15, 0.2) is 0 Å². The number of benzene rings is 2. The minimum absolute atomic E-state index is 0.00659. The van der Waals surface area contributed by atoms with Crippen LogP contribution in [0.15, 0.2) is 60.7 Å². The van der Waals surface area contributed by atoms with Crippen molar-refractivity contribution in [2.75, 3.05) is 0 Å². The Morgan fingerprint density at radius 2 is 1.71 bits per heavy atom. The molecule has 3 aromatic rings. The summed E-state index contributed by atoms with van der Waals surface area (Å²) in [5.74, 6) is 0.0440. The fourth-order valence-electron chi connectivity index (χ4n) is 2.65. The lowest BCUT2D eigenvalue weighted by Gasteiger charge is -2.17. The van der Waals surface area contributed by atoms with Crippen molar-refractivity contribution in [1.82, 2.24) is 15.1 Å². The maximum absolute atomic E-state index is 12.9. The Labute approximate surface area is 163 Å². The molecule has 0 radical (unpaired) electrons. The van der Waals surface area contributed by atoms with Gasteiger partial charge in [-0.15, -0.1) is 0 Å². The highest BCUT2D eigenvalue weighted by molar-refractivity contribution is 5.94. The SMILES string of the molecule is CC(C)C(C)NC(=O)c1cc(-c2ccccc2)nn1-c1ccc([N+](=O)[O-])cc1. The predicted octanol–water partition coefficient (Wildman–Crippen LogP) is 4.22. The van der Waals surface area contributed by atoms with E-state index in [1.54, 1.807) is 18.2 Å². The molecule has 1 N–H and O–H groups in total. The van der Waals surface area contributed by atoms with Crippen molar-refractivity contribution in [2.24, 2.45) is 5.92 Å². The fraction of sp³-hybridized carbons (Fsp3) is 0.238. The summed E-state index contributed by atoms with van der Waals surface area (Å²) in [6.45, 7) is 6.02. The van der Waals surface area contributed by atoms with Crippen LogP contribution in [0.2, 0.25) is 0 Å². The Bertz CT molecular complexity index is 979. The Hall–Kier alpha value is -3.48. The van der Waals surface area contributed by atoms with Gasteiger partial charge >= 0.3 is 0 Å². The van der Waals surface area contributed by atoms with Crippen molar-refractivity contribution >= 4 is 11.6 Å². The highest BCUT2D eigenvalue weighted by Gasteiger charge is 2.20. The largest absolute Gasteiger partial charge is 0.348 e. The first-order valence-corrected chi connectivity index (χ1v) is 9.08. The fourth-order valence-corrected chi connectivity index (χ4v) is 2.65. The van der Waals surface area contributed by atoms with Crippen LogP contribution in [0.1, 0.15) is 31.3 Å². The number of aromatic nitrogens is 2. The first-order valence-electron chi connectivity index (χ1n) is 9.08. The van der Waals surface area contributed by atoms with Gasteiger partial charge < -0.3 is 5.32 Å². The molecule has 2 aromatic carbocycles. The van der Waals surface area contributed by atoms with Gasteiger partial charge in [0.25, 0.3) is 11.6 Å². The molecule has 0 spiro atoms. The number of hydrogen-bond donors (Lipinski definition) is 1. The molecule has 1 amide bonds. The van der Waals surface area contributed by atoms with Crippen LogP contribution in [-0.4, -0.2) is 26.7 Å². The molecular weight excluding hydrogens is 356 g/mol. The highest BCUT2D eigenvalue weighted by atomic mass is 16.6. The third-order valence-electron chi connectivity index (χ3n) is 4.68. The second kappa shape index (κ2) is 8.04. The maximum Gasteiger partial charge on any atom is 0.270 e. The molecule has 0 aliphatic rings. The Kier molecular flexibility index (Phi) is 5.54. The zero-order valence-electron chi connectivity index (χ0n) is 16.0. The molecule has 7 nitrogen and oxygen atoms in total. The summed E-state index contributed by atoms with van der Waals surface area (Å²) in [4.78, 5) is 23.4. The molecule has 7 heteroatoms. The number of nitro groups is 1. The Morgan fingerprint density at radius 3 is 2.29 bits per heavy atom. The number of nitrogens with zero attached hydrogens (tertiary/aromatic N) is 3. The van der Waals surface area contributed by atoms with Crippen LogP contribution in [0, 0.1) is 16.0 Å². The zero-order chi connectivity index (χ0) is 20.3. The smallest absolute Gasteiger partial charge is 0.270 e. The Morgan fingerprint density at radius 1 is 1.07 bits per heavy atom. The molecule has 1 heterocycles. The van der Waals surface area contributed by atoms with E-state index in [1.807, 2.05) is 51.1 Å². The third kappa shape index (κ3) is 4.09. The van der Waals surface area contributed by atoms with Crippen LogP contribution in [-0.2, 0) is 0 Å². The number of hydrogen-bond acceptors (Lipinski definition) is 4.